The van der Waals surface area contributed by atoms with Gasteiger partial charge in [-0.05, 0) is 43.0 Å². The molecule has 1 saturated heterocycles. The summed E-state index contributed by atoms with van der Waals surface area (Å²) in [6.45, 7) is 6.29. The van der Waals surface area contributed by atoms with Gasteiger partial charge in [-0.15, -0.1) is 6.58 Å². The number of likely N-dealkylation sites (tertiary alicyclic amines) is 1. The topological polar surface area (TPSA) is 63.7 Å². The number of amides is 1. The third kappa shape index (κ3) is 4.91. The average Bonchev–Trinajstić information content (AvgIpc) is 2.54. The summed E-state index contributed by atoms with van der Waals surface area (Å²) >= 11 is 0. The monoisotopic (exact) mass is 337 g/mol. The minimum atomic E-state index is -3.23. The first kappa shape index (κ1) is 17.7. The highest BCUT2D eigenvalue weighted by Gasteiger charge is 2.23. The van der Waals surface area contributed by atoms with E-state index >= 15 is 0 Å². The number of hydrogen-bond acceptors (Lipinski definition) is 4. The first-order chi connectivity index (χ1) is 10.9. The largest absolute Gasteiger partial charge is 0.377 e. The maximum absolute atomic E-state index is 12.5. The molecule has 1 heterocycles. The lowest BCUT2D eigenvalue weighted by atomic mass is 9.97. The van der Waals surface area contributed by atoms with Crippen molar-refractivity contribution in [2.75, 3.05) is 32.6 Å². The van der Waals surface area contributed by atoms with Crippen LogP contribution in [-0.2, 0) is 14.6 Å². The van der Waals surface area contributed by atoms with E-state index in [4.69, 9.17) is 4.74 Å². The van der Waals surface area contributed by atoms with E-state index in [1.54, 1.807) is 18.2 Å². The molecule has 2 rings (SSSR count). The summed E-state index contributed by atoms with van der Waals surface area (Å²) in [7, 11) is -3.23. The van der Waals surface area contributed by atoms with Crippen LogP contribution in [0.2, 0.25) is 0 Å². The molecular weight excluding hydrogens is 314 g/mol. The molecule has 1 aliphatic rings. The summed E-state index contributed by atoms with van der Waals surface area (Å²) in [6.07, 6.45) is 4.73. The number of rotatable bonds is 6. The predicted molar refractivity (Wildman–Crippen MR) is 89.2 cm³/mol. The van der Waals surface area contributed by atoms with Crippen LogP contribution < -0.4 is 0 Å². The van der Waals surface area contributed by atoms with Gasteiger partial charge in [-0.2, -0.15) is 0 Å². The molecule has 0 N–H and O–H groups in total. The molecule has 1 aliphatic heterocycles. The van der Waals surface area contributed by atoms with Crippen molar-refractivity contribution < 1.29 is 17.9 Å². The fraction of sp³-hybridized carbons (Fsp3) is 0.471. The van der Waals surface area contributed by atoms with Crippen molar-refractivity contribution >= 4 is 15.7 Å². The minimum Gasteiger partial charge on any atom is -0.377 e. The average molecular weight is 337 g/mol. The number of carbonyl (C=O) groups is 1. The molecule has 0 atom stereocenters. The Morgan fingerprint density at radius 3 is 2.43 bits per heavy atom. The van der Waals surface area contributed by atoms with Crippen LogP contribution in [0.4, 0.5) is 0 Å². The molecule has 0 aliphatic carbocycles. The number of benzene rings is 1. The predicted octanol–water partition coefficient (Wildman–Crippen LogP) is 2.14. The first-order valence-corrected chi connectivity index (χ1v) is 9.59. The highest BCUT2D eigenvalue weighted by atomic mass is 32.2. The fourth-order valence-electron chi connectivity index (χ4n) is 2.65. The Balaban J connectivity index is 1.91. The summed E-state index contributed by atoms with van der Waals surface area (Å²) < 4.78 is 28.4. The second-order valence-electron chi connectivity index (χ2n) is 5.86. The standard InChI is InChI=1S/C17H23NO4S/c1-3-12-22-13-14-8-10-18(11-9-14)17(19)15-4-6-16(7-5-15)23(2,20)21/h3-7,14H,1,8-13H2,2H3. The van der Waals surface area contributed by atoms with Gasteiger partial charge in [0, 0.05) is 31.5 Å². The van der Waals surface area contributed by atoms with Crippen LogP contribution in [0.15, 0.2) is 41.8 Å². The van der Waals surface area contributed by atoms with Gasteiger partial charge in [0.15, 0.2) is 9.84 Å². The fourth-order valence-corrected chi connectivity index (χ4v) is 3.28. The van der Waals surface area contributed by atoms with E-state index in [1.807, 2.05) is 4.90 Å². The molecule has 1 fully saturated rings. The van der Waals surface area contributed by atoms with Gasteiger partial charge in [0.05, 0.1) is 11.5 Å². The van der Waals surface area contributed by atoms with Gasteiger partial charge in [-0.1, -0.05) is 6.08 Å². The normalized spacial score (nSPS) is 16.3. The van der Waals surface area contributed by atoms with Crippen molar-refractivity contribution in [2.24, 2.45) is 5.92 Å². The highest BCUT2D eigenvalue weighted by molar-refractivity contribution is 7.90. The van der Waals surface area contributed by atoms with Crippen molar-refractivity contribution in [2.45, 2.75) is 17.7 Å². The van der Waals surface area contributed by atoms with Gasteiger partial charge in [0.1, 0.15) is 0 Å². The molecule has 0 bridgehead atoms. The summed E-state index contributed by atoms with van der Waals surface area (Å²) in [5.41, 5.74) is 0.527. The molecule has 0 spiro atoms. The van der Waals surface area contributed by atoms with Gasteiger partial charge in [-0.25, -0.2) is 8.42 Å². The molecule has 23 heavy (non-hydrogen) atoms. The molecule has 6 heteroatoms. The summed E-state index contributed by atoms with van der Waals surface area (Å²) in [4.78, 5) is 14.5. The number of carbonyl (C=O) groups excluding carboxylic acids is 1. The maximum Gasteiger partial charge on any atom is 0.253 e. The molecule has 1 aromatic carbocycles. The molecule has 0 unspecified atom stereocenters. The molecule has 0 aromatic heterocycles. The molecule has 1 aromatic rings. The van der Waals surface area contributed by atoms with E-state index in [0.717, 1.165) is 19.1 Å². The van der Waals surface area contributed by atoms with Gasteiger partial charge >= 0.3 is 0 Å². The van der Waals surface area contributed by atoms with Crippen molar-refractivity contribution in [3.8, 4) is 0 Å². The number of hydrogen-bond donors (Lipinski definition) is 0. The zero-order valence-corrected chi connectivity index (χ0v) is 14.2. The molecule has 1 amide bonds. The number of sulfone groups is 1. The quantitative estimate of drug-likeness (QED) is 0.589. The second-order valence-corrected chi connectivity index (χ2v) is 7.87. The van der Waals surface area contributed by atoms with Crippen LogP contribution in [0.5, 0.6) is 0 Å². The lowest BCUT2D eigenvalue weighted by Crippen LogP contribution is -2.39. The van der Waals surface area contributed by atoms with Crippen molar-refractivity contribution in [1.82, 2.24) is 4.90 Å². The number of ether oxygens (including phenoxy) is 1. The van der Waals surface area contributed by atoms with Crippen molar-refractivity contribution in [3.05, 3.63) is 42.5 Å². The van der Waals surface area contributed by atoms with Gasteiger partial charge < -0.3 is 9.64 Å². The Morgan fingerprint density at radius 1 is 1.30 bits per heavy atom. The minimum absolute atomic E-state index is 0.0458. The molecular formula is C17H23NO4S. The van der Waals surface area contributed by atoms with Crippen LogP contribution in [0.25, 0.3) is 0 Å². The van der Waals surface area contributed by atoms with E-state index in [0.29, 0.717) is 37.8 Å². The summed E-state index contributed by atoms with van der Waals surface area (Å²) in [5, 5.41) is 0. The second kappa shape index (κ2) is 7.75. The van der Waals surface area contributed by atoms with E-state index in [9.17, 15) is 13.2 Å². The van der Waals surface area contributed by atoms with Gasteiger partial charge in [0.25, 0.3) is 5.91 Å². The van der Waals surface area contributed by atoms with E-state index in [-0.39, 0.29) is 10.8 Å². The summed E-state index contributed by atoms with van der Waals surface area (Å²) in [6, 6.07) is 6.13. The van der Waals surface area contributed by atoms with Crippen LogP contribution in [0, 0.1) is 5.92 Å². The molecule has 0 radical (unpaired) electrons. The van der Waals surface area contributed by atoms with Gasteiger partial charge in [-0.3, -0.25) is 4.79 Å². The summed E-state index contributed by atoms with van der Waals surface area (Å²) in [5.74, 6) is 0.433. The zero-order chi connectivity index (χ0) is 16.9. The first-order valence-electron chi connectivity index (χ1n) is 7.70. The zero-order valence-electron chi connectivity index (χ0n) is 13.4. The number of piperidine rings is 1. The Hall–Kier alpha value is -1.66. The molecule has 0 saturated carbocycles. The smallest absolute Gasteiger partial charge is 0.253 e. The van der Waals surface area contributed by atoms with Crippen LogP contribution in [0.1, 0.15) is 23.2 Å². The Labute approximate surface area is 137 Å². The van der Waals surface area contributed by atoms with Gasteiger partial charge in [0.2, 0.25) is 0 Å². The van der Waals surface area contributed by atoms with Crippen molar-refractivity contribution in [1.29, 1.82) is 0 Å². The Bertz CT molecular complexity index is 644. The Morgan fingerprint density at radius 2 is 1.91 bits per heavy atom. The lowest BCUT2D eigenvalue weighted by Gasteiger charge is -2.32. The third-order valence-corrected chi connectivity index (χ3v) is 5.15. The van der Waals surface area contributed by atoms with E-state index < -0.39 is 9.84 Å². The van der Waals surface area contributed by atoms with Crippen LogP contribution >= 0.6 is 0 Å². The maximum atomic E-state index is 12.5. The lowest BCUT2D eigenvalue weighted by molar-refractivity contribution is 0.0575. The highest BCUT2D eigenvalue weighted by Crippen LogP contribution is 2.20. The van der Waals surface area contributed by atoms with E-state index in [1.165, 1.54) is 12.1 Å². The SMILES string of the molecule is C=CCOCC1CCN(C(=O)c2ccc(S(C)(=O)=O)cc2)CC1. The molecule has 5 nitrogen and oxygen atoms in total. The van der Waals surface area contributed by atoms with Crippen molar-refractivity contribution in [3.63, 3.8) is 0 Å². The van der Waals surface area contributed by atoms with Crippen LogP contribution in [-0.4, -0.2) is 51.8 Å². The third-order valence-electron chi connectivity index (χ3n) is 4.02. The van der Waals surface area contributed by atoms with Crippen LogP contribution in [0.3, 0.4) is 0 Å². The molecule has 126 valence electrons. The van der Waals surface area contributed by atoms with E-state index in [2.05, 4.69) is 6.58 Å². The Kier molecular flexibility index (Phi) is 5.96. The number of nitrogens with zero attached hydrogens (tertiary/aromatic N) is 1.